The van der Waals surface area contributed by atoms with Gasteiger partial charge in [0.2, 0.25) is 0 Å². The van der Waals surface area contributed by atoms with E-state index >= 15 is 0 Å². The van der Waals surface area contributed by atoms with Gasteiger partial charge in [-0.15, -0.1) is 0 Å². The van der Waals surface area contributed by atoms with E-state index < -0.39 is 32.5 Å². The minimum atomic E-state index is -4.65. The summed E-state index contributed by atoms with van der Waals surface area (Å²) in [6.07, 6.45) is 53.3. The largest absolute Gasteiger partial charge is 0.756 e. The van der Waals surface area contributed by atoms with Gasteiger partial charge in [0, 0.05) is 12.8 Å². The van der Waals surface area contributed by atoms with Crippen molar-refractivity contribution in [3.05, 3.63) is 85.1 Å². The Labute approximate surface area is 367 Å². The minimum absolute atomic E-state index is 0.0452. The van der Waals surface area contributed by atoms with E-state index in [1.807, 2.05) is 21.1 Å². The zero-order chi connectivity index (χ0) is 44.3. The molecular formula is C50H86NO8P. The number of likely N-dealkylation sites (N-methyl/N-ethyl adjacent to an activating group) is 1. The van der Waals surface area contributed by atoms with Crippen LogP contribution >= 0.6 is 7.82 Å². The SMILES string of the molecule is CC/C=C\C/C=C\C/C=C\C/C=C\C/C=C\C/C=C\CCCCC(=O)OC(COC(=O)CCCCCCC/C=C\CCCCCCCC)COP(=O)([O-])OCC[N+](C)(C)C. The average molecular weight is 860 g/mol. The molecule has 0 rings (SSSR count). The molecule has 0 aliphatic rings. The van der Waals surface area contributed by atoms with Crippen LogP contribution in [0, 0.1) is 0 Å². The Balaban J connectivity index is 4.45. The van der Waals surface area contributed by atoms with Crippen molar-refractivity contribution in [1.82, 2.24) is 0 Å². The second-order valence-electron chi connectivity index (χ2n) is 16.4. The van der Waals surface area contributed by atoms with E-state index in [9.17, 15) is 19.0 Å². The Hall–Kier alpha value is -2.81. The number of hydrogen-bond donors (Lipinski definition) is 0. The number of rotatable bonds is 41. The lowest BCUT2D eigenvalue weighted by atomic mass is 10.1. The highest BCUT2D eigenvalue weighted by Gasteiger charge is 2.21. The van der Waals surface area contributed by atoms with Gasteiger partial charge < -0.3 is 27.9 Å². The maximum Gasteiger partial charge on any atom is 0.306 e. The Bertz CT molecular complexity index is 1290. The van der Waals surface area contributed by atoms with Gasteiger partial charge in [-0.3, -0.25) is 14.2 Å². The molecule has 0 heterocycles. The number of carbonyl (C=O) groups is 2. The van der Waals surface area contributed by atoms with Crippen LogP contribution in [0.2, 0.25) is 0 Å². The van der Waals surface area contributed by atoms with Gasteiger partial charge in [0.25, 0.3) is 7.82 Å². The quantitative estimate of drug-likeness (QED) is 0.0196. The topological polar surface area (TPSA) is 111 Å². The van der Waals surface area contributed by atoms with Gasteiger partial charge >= 0.3 is 11.9 Å². The van der Waals surface area contributed by atoms with Gasteiger partial charge in [0.15, 0.2) is 6.10 Å². The summed E-state index contributed by atoms with van der Waals surface area (Å²) >= 11 is 0. The first-order chi connectivity index (χ1) is 29.0. The van der Waals surface area contributed by atoms with Crippen molar-refractivity contribution in [2.45, 2.75) is 174 Å². The maximum absolute atomic E-state index is 12.7. The molecule has 0 saturated heterocycles. The Kier molecular flexibility index (Phi) is 39.6. The normalized spacial score (nSPS) is 14.3. The lowest BCUT2D eigenvalue weighted by Gasteiger charge is -2.28. The van der Waals surface area contributed by atoms with Crippen molar-refractivity contribution in [1.29, 1.82) is 0 Å². The molecular weight excluding hydrogens is 774 g/mol. The van der Waals surface area contributed by atoms with Crippen LogP contribution in [0.1, 0.15) is 168 Å². The summed E-state index contributed by atoms with van der Waals surface area (Å²) in [5.74, 6) is -0.902. The van der Waals surface area contributed by atoms with Gasteiger partial charge in [-0.05, 0) is 89.9 Å². The van der Waals surface area contributed by atoms with Crippen LogP contribution in [0.3, 0.4) is 0 Å². The van der Waals surface area contributed by atoms with E-state index in [1.165, 1.54) is 44.9 Å². The highest BCUT2D eigenvalue weighted by atomic mass is 31.2. The molecule has 2 atom stereocenters. The summed E-state index contributed by atoms with van der Waals surface area (Å²) in [5, 5.41) is 0. The van der Waals surface area contributed by atoms with Crippen LogP contribution in [0.15, 0.2) is 85.1 Å². The van der Waals surface area contributed by atoms with Crippen LogP contribution in [0.25, 0.3) is 0 Å². The van der Waals surface area contributed by atoms with E-state index in [0.717, 1.165) is 83.5 Å². The summed E-state index contributed by atoms with van der Waals surface area (Å²) in [4.78, 5) is 37.6. The number of phosphoric acid groups is 1. The van der Waals surface area contributed by atoms with E-state index in [-0.39, 0.29) is 26.1 Å². The van der Waals surface area contributed by atoms with E-state index in [1.54, 1.807) is 0 Å². The number of phosphoric ester groups is 1. The molecule has 0 aromatic carbocycles. The monoisotopic (exact) mass is 860 g/mol. The number of esters is 2. The van der Waals surface area contributed by atoms with Crippen molar-refractivity contribution in [2.75, 3.05) is 47.5 Å². The van der Waals surface area contributed by atoms with Crippen molar-refractivity contribution in [3.63, 3.8) is 0 Å². The van der Waals surface area contributed by atoms with Crippen molar-refractivity contribution in [2.24, 2.45) is 0 Å². The van der Waals surface area contributed by atoms with Crippen LogP contribution in [0.4, 0.5) is 0 Å². The number of unbranched alkanes of at least 4 members (excludes halogenated alkanes) is 13. The van der Waals surface area contributed by atoms with Gasteiger partial charge in [-0.1, -0.05) is 150 Å². The fourth-order valence-electron chi connectivity index (χ4n) is 5.77. The van der Waals surface area contributed by atoms with E-state index in [0.29, 0.717) is 23.9 Å². The Morgan fingerprint density at radius 2 is 0.950 bits per heavy atom. The van der Waals surface area contributed by atoms with E-state index in [2.05, 4.69) is 98.9 Å². The second-order valence-corrected chi connectivity index (χ2v) is 17.8. The lowest BCUT2D eigenvalue weighted by molar-refractivity contribution is -0.870. The summed E-state index contributed by atoms with van der Waals surface area (Å²) in [7, 11) is 1.12. The fraction of sp³-hybridized carbons (Fsp3) is 0.680. The molecule has 0 spiro atoms. The highest BCUT2D eigenvalue weighted by molar-refractivity contribution is 7.45. The van der Waals surface area contributed by atoms with Crippen LogP contribution in [0.5, 0.6) is 0 Å². The smallest absolute Gasteiger partial charge is 0.306 e. The lowest BCUT2D eigenvalue weighted by Crippen LogP contribution is -2.37. The molecule has 0 aromatic heterocycles. The number of nitrogens with zero attached hydrogens (tertiary/aromatic N) is 1. The third-order valence-electron chi connectivity index (χ3n) is 9.40. The number of quaternary nitrogens is 1. The van der Waals surface area contributed by atoms with Crippen molar-refractivity contribution in [3.8, 4) is 0 Å². The zero-order valence-electron chi connectivity index (χ0n) is 38.6. The van der Waals surface area contributed by atoms with Gasteiger partial charge in [0.1, 0.15) is 19.8 Å². The van der Waals surface area contributed by atoms with Crippen molar-refractivity contribution < 1.29 is 42.1 Å². The maximum atomic E-state index is 12.7. The second kappa shape index (κ2) is 41.5. The number of hydrogen-bond acceptors (Lipinski definition) is 8. The fourth-order valence-corrected chi connectivity index (χ4v) is 6.50. The molecule has 0 N–H and O–H groups in total. The predicted molar refractivity (Wildman–Crippen MR) is 249 cm³/mol. The Morgan fingerprint density at radius 3 is 1.47 bits per heavy atom. The first-order valence-corrected chi connectivity index (χ1v) is 24.8. The molecule has 2 unspecified atom stereocenters. The highest BCUT2D eigenvalue weighted by Crippen LogP contribution is 2.38. The number of carbonyl (C=O) groups excluding carboxylic acids is 2. The van der Waals surface area contributed by atoms with Crippen molar-refractivity contribution >= 4 is 19.8 Å². The van der Waals surface area contributed by atoms with Gasteiger partial charge in [-0.25, -0.2) is 0 Å². The molecule has 0 radical (unpaired) electrons. The van der Waals surface area contributed by atoms with Crippen LogP contribution in [-0.2, 0) is 32.7 Å². The zero-order valence-corrected chi connectivity index (χ0v) is 39.5. The molecule has 344 valence electrons. The summed E-state index contributed by atoms with van der Waals surface area (Å²) < 4.78 is 33.9. The minimum Gasteiger partial charge on any atom is -0.756 e. The molecule has 9 nitrogen and oxygen atoms in total. The number of ether oxygens (including phenoxy) is 2. The summed E-state index contributed by atoms with van der Waals surface area (Å²) in [6, 6.07) is 0. The Morgan fingerprint density at radius 1 is 0.533 bits per heavy atom. The number of allylic oxidation sites excluding steroid dienone is 14. The summed E-state index contributed by atoms with van der Waals surface area (Å²) in [6.45, 7) is 4.03. The molecule has 0 aromatic rings. The molecule has 0 saturated carbocycles. The van der Waals surface area contributed by atoms with Gasteiger partial charge in [-0.2, -0.15) is 0 Å². The molecule has 0 aliphatic carbocycles. The molecule has 0 fully saturated rings. The standard InChI is InChI=1S/C50H86NO8P/c1-6-8-10-12-14-16-18-20-22-23-24-25-26-27-29-31-33-35-37-39-41-43-50(53)59-48(47-58-60(54,55)57-45-44-51(3,4)5)46-56-49(52)42-40-38-36-34-32-30-28-21-19-17-15-13-11-9-7-2/h8,10,14,16,20-22,24-25,27-29,33,35,48H,6-7,9,11-13,15,17-19,23,26,30-32,34,36-47H2,1-5H3/b10-8-,16-14-,22-20-,25-24-,28-21-,29-27-,35-33-. The summed E-state index contributed by atoms with van der Waals surface area (Å²) in [5.41, 5.74) is 0. The third kappa shape index (κ3) is 44.7. The molecule has 0 amide bonds. The molecule has 10 heteroatoms. The average Bonchev–Trinajstić information content (AvgIpc) is 3.20. The van der Waals surface area contributed by atoms with Crippen LogP contribution < -0.4 is 4.89 Å². The first kappa shape index (κ1) is 57.2. The molecule has 60 heavy (non-hydrogen) atoms. The predicted octanol–water partition coefficient (Wildman–Crippen LogP) is 12.9. The molecule has 0 aliphatic heterocycles. The van der Waals surface area contributed by atoms with Crippen LogP contribution in [-0.4, -0.2) is 70.0 Å². The van der Waals surface area contributed by atoms with E-state index in [4.69, 9.17) is 18.5 Å². The molecule has 0 bridgehead atoms. The first-order valence-electron chi connectivity index (χ1n) is 23.3. The third-order valence-corrected chi connectivity index (χ3v) is 10.4. The van der Waals surface area contributed by atoms with Gasteiger partial charge in [0.05, 0.1) is 27.7 Å².